The number of rotatable bonds is 0. The molecule has 1 aromatic carbocycles. The molecule has 0 aliphatic heterocycles. The van der Waals surface area contributed by atoms with Gasteiger partial charge in [0.25, 0.3) is 0 Å². The molecule has 0 aliphatic rings. The van der Waals surface area contributed by atoms with E-state index in [1.165, 1.54) is 0 Å². The van der Waals surface area contributed by atoms with Gasteiger partial charge in [0, 0.05) is 12.1 Å². The first-order valence-corrected chi connectivity index (χ1v) is 3.93. The molecular weight excluding hydrogens is 256 g/mol. The predicted octanol–water partition coefficient (Wildman–Crippen LogP) is 4.49. The largest absolute Gasteiger partial charge is 0.673 e. The van der Waals surface area contributed by atoms with E-state index in [1.807, 2.05) is 0 Å². The first-order valence-electron chi connectivity index (χ1n) is 3.93. The van der Waals surface area contributed by atoms with E-state index >= 15 is 0 Å². The lowest BCUT2D eigenvalue weighted by Gasteiger charge is -2.03. The minimum atomic E-state index is -6.00. The summed E-state index contributed by atoms with van der Waals surface area (Å²) in [7, 11) is -6.00. The van der Waals surface area contributed by atoms with E-state index in [-0.39, 0.29) is 5.69 Å². The second-order valence-corrected chi connectivity index (χ2v) is 2.64. The van der Waals surface area contributed by atoms with Crippen LogP contribution >= 0.6 is 0 Å². The number of nitrogens with zero attached hydrogens (tertiary/aromatic N) is 2. The lowest BCUT2D eigenvalue weighted by Crippen LogP contribution is -2.03. The fraction of sp³-hybridized carbons (Fsp3) is 0.143. The zero-order chi connectivity index (χ0) is 13.7. The highest BCUT2D eigenvalue weighted by atomic mass is 19.5. The molecule has 0 radical (unpaired) electrons. The van der Waals surface area contributed by atoms with Crippen molar-refractivity contribution in [2.24, 2.45) is 0 Å². The molecule has 94 valence electrons. The van der Waals surface area contributed by atoms with Crippen LogP contribution in [0.5, 0.6) is 0 Å². The zero-order valence-corrected chi connectivity index (χ0v) is 7.93. The maximum atomic E-state index is 11.9. The van der Waals surface area contributed by atoms with Crippen LogP contribution in [-0.4, -0.2) is 7.25 Å². The Bertz CT molecular complexity index is 383. The van der Waals surface area contributed by atoms with Crippen molar-refractivity contribution in [3.63, 3.8) is 0 Å². The molecule has 0 saturated heterocycles. The van der Waals surface area contributed by atoms with E-state index in [4.69, 9.17) is 5.39 Å². The van der Waals surface area contributed by atoms with Crippen LogP contribution in [0, 0.1) is 5.39 Å². The van der Waals surface area contributed by atoms with Gasteiger partial charge >= 0.3 is 19.1 Å². The molecule has 0 spiro atoms. The molecule has 0 aromatic heterocycles. The molecule has 17 heavy (non-hydrogen) atoms. The highest BCUT2D eigenvalue weighted by Gasteiger charge is 2.30. The van der Waals surface area contributed by atoms with Crippen LogP contribution in [0.4, 0.5) is 36.1 Å². The Morgan fingerprint density at radius 1 is 0.941 bits per heavy atom. The molecule has 1 rings (SSSR count). The summed E-state index contributed by atoms with van der Waals surface area (Å²) in [5.74, 6) is 0. The van der Waals surface area contributed by atoms with Gasteiger partial charge < -0.3 is 17.3 Å². The second kappa shape index (κ2) is 5.52. The van der Waals surface area contributed by atoms with Crippen molar-refractivity contribution >= 4 is 12.9 Å². The van der Waals surface area contributed by atoms with Crippen LogP contribution in [0.15, 0.2) is 24.3 Å². The van der Waals surface area contributed by atoms with Crippen molar-refractivity contribution in [2.75, 3.05) is 0 Å². The van der Waals surface area contributed by atoms with Crippen molar-refractivity contribution in [3.8, 4) is 0 Å². The highest BCUT2D eigenvalue weighted by molar-refractivity contribution is 6.50. The minimum Gasteiger partial charge on any atom is -0.418 e. The van der Waals surface area contributed by atoms with Crippen molar-refractivity contribution < 1.29 is 30.4 Å². The molecule has 10 heteroatoms. The summed E-state index contributed by atoms with van der Waals surface area (Å²) < 4.78 is 74.8. The number of diazo groups is 1. The first kappa shape index (κ1) is 15.2. The van der Waals surface area contributed by atoms with Gasteiger partial charge in [-0.2, -0.15) is 13.2 Å². The number of benzene rings is 1. The van der Waals surface area contributed by atoms with Crippen LogP contribution in [0.1, 0.15) is 5.56 Å². The summed E-state index contributed by atoms with van der Waals surface area (Å²) in [6.45, 7) is 0. The molecule has 0 aliphatic carbocycles. The highest BCUT2D eigenvalue weighted by Crippen LogP contribution is 2.30. The summed E-state index contributed by atoms with van der Waals surface area (Å²) in [4.78, 5) is 2.73. The van der Waals surface area contributed by atoms with E-state index in [1.54, 1.807) is 0 Å². The number of alkyl halides is 3. The fourth-order valence-electron chi connectivity index (χ4n) is 0.717. The van der Waals surface area contributed by atoms with Gasteiger partial charge in [-0.25, -0.2) is 0 Å². The Morgan fingerprint density at radius 2 is 1.29 bits per heavy atom. The van der Waals surface area contributed by atoms with E-state index in [0.717, 1.165) is 24.3 Å². The lowest BCUT2D eigenvalue weighted by atomic mass is 10.2. The van der Waals surface area contributed by atoms with Crippen LogP contribution in [0.2, 0.25) is 0 Å². The quantitative estimate of drug-likeness (QED) is 0.383. The Labute approximate surface area is 90.8 Å². The molecule has 0 N–H and O–H groups in total. The minimum absolute atomic E-state index is 0.100. The number of hydrogen-bond acceptors (Lipinski definition) is 1. The van der Waals surface area contributed by atoms with Crippen molar-refractivity contribution in [1.29, 1.82) is 5.39 Å². The molecule has 0 saturated carbocycles. The van der Waals surface area contributed by atoms with Crippen LogP contribution < -0.4 is 0 Å². The van der Waals surface area contributed by atoms with Gasteiger partial charge in [0.1, 0.15) is 0 Å². The Kier molecular flexibility index (Phi) is 4.94. The summed E-state index contributed by atoms with van der Waals surface area (Å²) in [6, 6.07) is 3.88. The predicted molar refractivity (Wildman–Crippen MR) is 46.4 cm³/mol. The molecular formula is C7H4BF7N2. The topological polar surface area (TPSA) is 28.1 Å². The van der Waals surface area contributed by atoms with E-state index in [9.17, 15) is 30.4 Å². The average Bonchev–Trinajstić information content (AvgIpc) is 2.14. The smallest absolute Gasteiger partial charge is 0.418 e. The van der Waals surface area contributed by atoms with Crippen molar-refractivity contribution in [2.45, 2.75) is 6.18 Å². The zero-order valence-electron chi connectivity index (χ0n) is 7.93. The third kappa shape index (κ3) is 8.07. The standard InChI is InChI=1S/C7H4F3N2.BF4/c8-7(9,10)5-1-3-6(12-11)4-2-5;2-1(3,4)5/h1-4H;/q+1;-1. The second-order valence-electron chi connectivity index (χ2n) is 2.64. The van der Waals surface area contributed by atoms with Gasteiger partial charge in [-0.1, -0.05) is 0 Å². The molecule has 0 amide bonds. The van der Waals surface area contributed by atoms with Gasteiger partial charge in [-0.15, -0.1) is 0 Å². The van der Waals surface area contributed by atoms with E-state index in [0.29, 0.717) is 0 Å². The van der Waals surface area contributed by atoms with Crippen LogP contribution in [0.3, 0.4) is 0 Å². The van der Waals surface area contributed by atoms with Gasteiger partial charge in [0.2, 0.25) is 5.39 Å². The van der Waals surface area contributed by atoms with Gasteiger partial charge in [-0.3, -0.25) is 0 Å². The lowest BCUT2D eigenvalue weighted by molar-refractivity contribution is -0.137. The van der Waals surface area contributed by atoms with Gasteiger partial charge in [0.05, 0.1) is 5.56 Å². The molecule has 0 atom stereocenters. The van der Waals surface area contributed by atoms with Crippen LogP contribution in [0.25, 0.3) is 4.98 Å². The van der Waals surface area contributed by atoms with E-state index < -0.39 is 19.0 Å². The number of hydrogen-bond donors (Lipinski definition) is 0. The summed E-state index contributed by atoms with van der Waals surface area (Å²) in [5.41, 5.74) is -0.655. The van der Waals surface area contributed by atoms with Crippen LogP contribution in [-0.2, 0) is 6.18 Å². The normalized spacial score (nSPS) is 11.2. The van der Waals surface area contributed by atoms with Gasteiger partial charge in [0.15, 0.2) is 4.98 Å². The molecule has 0 fully saturated rings. The Morgan fingerprint density at radius 3 is 1.53 bits per heavy atom. The number of halogens is 7. The summed E-state index contributed by atoms with van der Waals surface area (Å²) in [5, 5.41) is 8.18. The van der Waals surface area contributed by atoms with Gasteiger partial charge in [-0.05, 0) is 12.1 Å². The third-order valence-electron chi connectivity index (χ3n) is 1.31. The first-order chi connectivity index (χ1) is 7.54. The molecule has 1 aromatic rings. The van der Waals surface area contributed by atoms with Crippen molar-refractivity contribution in [3.05, 3.63) is 34.8 Å². The molecule has 2 nitrogen and oxygen atoms in total. The molecule has 0 unspecified atom stereocenters. The van der Waals surface area contributed by atoms with E-state index in [2.05, 4.69) is 4.98 Å². The maximum absolute atomic E-state index is 11.9. The molecule has 0 heterocycles. The monoisotopic (exact) mass is 260 g/mol. The van der Waals surface area contributed by atoms with Crippen molar-refractivity contribution in [1.82, 2.24) is 0 Å². The third-order valence-corrected chi connectivity index (χ3v) is 1.31. The Balaban J connectivity index is 0.000000437. The SMILES string of the molecule is F[B-](F)(F)F.N#[N+]c1ccc(C(F)(F)F)cc1. The Hall–Kier alpha value is -1.79. The average molecular weight is 260 g/mol. The summed E-state index contributed by atoms with van der Waals surface area (Å²) in [6.07, 6.45) is -4.34. The summed E-state index contributed by atoms with van der Waals surface area (Å²) >= 11 is 0. The molecule has 0 bridgehead atoms. The fourth-order valence-corrected chi connectivity index (χ4v) is 0.717. The maximum Gasteiger partial charge on any atom is 0.673 e.